The summed E-state index contributed by atoms with van der Waals surface area (Å²) in [7, 11) is 1.57. The van der Waals surface area contributed by atoms with Gasteiger partial charge in [0.05, 0.1) is 0 Å². The van der Waals surface area contributed by atoms with Crippen molar-refractivity contribution in [3.63, 3.8) is 0 Å². The molecule has 2 rings (SSSR count). The van der Waals surface area contributed by atoms with Gasteiger partial charge >= 0.3 is 0 Å². The zero-order valence-corrected chi connectivity index (χ0v) is 11.3. The standard InChI is InChI=1S/C11H15BrN2O3/c1-16-7-9-4-10(13-17-9)11(15)14-3-2-8(5-12)6-14/h4,8H,2-3,5-7H2,1H3. The molecule has 0 saturated carbocycles. The third kappa shape index (κ3) is 2.87. The van der Waals surface area contributed by atoms with Gasteiger partial charge in [0.25, 0.3) is 5.91 Å². The van der Waals surface area contributed by atoms with Gasteiger partial charge < -0.3 is 14.2 Å². The maximum atomic E-state index is 12.1. The van der Waals surface area contributed by atoms with Crippen molar-refractivity contribution >= 4 is 21.8 Å². The molecule has 0 N–H and O–H groups in total. The average molecular weight is 303 g/mol. The summed E-state index contributed by atoms with van der Waals surface area (Å²) in [4.78, 5) is 13.9. The summed E-state index contributed by atoms with van der Waals surface area (Å²) >= 11 is 3.45. The van der Waals surface area contributed by atoms with Crippen molar-refractivity contribution in [3.8, 4) is 0 Å². The van der Waals surface area contributed by atoms with Crippen LogP contribution in [0.25, 0.3) is 0 Å². The van der Waals surface area contributed by atoms with E-state index in [1.807, 2.05) is 4.90 Å². The molecule has 1 aliphatic heterocycles. The first-order valence-corrected chi connectivity index (χ1v) is 6.66. The van der Waals surface area contributed by atoms with Crippen LogP contribution in [0.2, 0.25) is 0 Å². The number of amides is 1. The van der Waals surface area contributed by atoms with Crippen molar-refractivity contribution in [2.75, 3.05) is 25.5 Å². The van der Waals surface area contributed by atoms with Gasteiger partial charge in [-0.2, -0.15) is 0 Å². The molecule has 0 radical (unpaired) electrons. The molecule has 94 valence electrons. The third-order valence-electron chi connectivity index (χ3n) is 2.86. The SMILES string of the molecule is COCc1cc(C(=O)N2CCC(CBr)C2)no1. The number of halogens is 1. The van der Waals surface area contributed by atoms with E-state index in [1.54, 1.807) is 13.2 Å². The predicted molar refractivity (Wildman–Crippen MR) is 65.0 cm³/mol. The van der Waals surface area contributed by atoms with E-state index < -0.39 is 0 Å². The number of alkyl halides is 1. The summed E-state index contributed by atoms with van der Waals surface area (Å²) in [5.41, 5.74) is 0.368. The van der Waals surface area contributed by atoms with Crippen molar-refractivity contribution in [1.29, 1.82) is 0 Å². The summed E-state index contributed by atoms with van der Waals surface area (Å²) in [6.45, 7) is 1.92. The van der Waals surface area contributed by atoms with Crippen LogP contribution in [0, 0.1) is 5.92 Å². The van der Waals surface area contributed by atoms with E-state index in [9.17, 15) is 4.79 Å². The molecule has 1 aromatic rings. The van der Waals surface area contributed by atoms with Gasteiger partial charge in [-0.3, -0.25) is 4.79 Å². The third-order valence-corrected chi connectivity index (χ3v) is 3.77. The van der Waals surface area contributed by atoms with Crippen LogP contribution >= 0.6 is 15.9 Å². The van der Waals surface area contributed by atoms with Crippen LogP contribution in [0.4, 0.5) is 0 Å². The highest BCUT2D eigenvalue weighted by Crippen LogP contribution is 2.20. The molecule has 2 heterocycles. The number of hydrogen-bond donors (Lipinski definition) is 0. The maximum Gasteiger partial charge on any atom is 0.276 e. The molecule has 1 aliphatic rings. The minimum Gasteiger partial charge on any atom is -0.377 e. The highest BCUT2D eigenvalue weighted by molar-refractivity contribution is 9.09. The largest absolute Gasteiger partial charge is 0.377 e. The molecule has 1 atom stereocenters. The summed E-state index contributed by atoms with van der Waals surface area (Å²) in [6.07, 6.45) is 1.04. The highest BCUT2D eigenvalue weighted by atomic mass is 79.9. The lowest BCUT2D eigenvalue weighted by Gasteiger charge is -2.13. The molecule has 0 spiro atoms. The lowest BCUT2D eigenvalue weighted by molar-refractivity contribution is 0.0777. The van der Waals surface area contributed by atoms with Gasteiger partial charge in [-0.15, -0.1) is 0 Å². The zero-order valence-electron chi connectivity index (χ0n) is 9.69. The molecule has 0 bridgehead atoms. The highest BCUT2D eigenvalue weighted by Gasteiger charge is 2.27. The first-order chi connectivity index (χ1) is 8.24. The number of methoxy groups -OCH3 is 1. The lowest BCUT2D eigenvalue weighted by atomic mass is 10.2. The minimum atomic E-state index is -0.0560. The van der Waals surface area contributed by atoms with Crippen molar-refractivity contribution < 1.29 is 14.1 Å². The lowest BCUT2D eigenvalue weighted by Crippen LogP contribution is -2.29. The molecule has 6 heteroatoms. The Morgan fingerprint density at radius 2 is 2.59 bits per heavy atom. The Labute approximate surface area is 108 Å². The second-order valence-corrected chi connectivity index (χ2v) is 4.82. The van der Waals surface area contributed by atoms with Gasteiger partial charge in [0, 0.05) is 31.6 Å². The summed E-state index contributed by atoms with van der Waals surface area (Å²) in [5, 5.41) is 4.71. The van der Waals surface area contributed by atoms with E-state index in [0.717, 1.165) is 24.8 Å². The monoisotopic (exact) mass is 302 g/mol. The van der Waals surface area contributed by atoms with E-state index in [1.165, 1.54) is 0 Å². The summed E-state index contributed by atoms with van der Waals surface area (Å²) in [5.74, 6) is 1.07. The molecule has 1 saturated heterocycles. The normalized spacial score (nSPS) is 19.9. The van der Waals surface area contributed by atoms with Crippen LogP contribution < -0.4 is 0 Å². The number of hydrogen-bond acceptors (Lipinski definition) is 4. The quantitative estimate of drug-likeness (QED) is 0.794. The number of aromatic nitrogens is 1. The van der Waals surface area contributed by atoms with Gasteiger partial charge in [-0.25, -0.2) is 0 Å². The molecule has 1 fully saturated rings. The van der Waals surface area contributed by atoms with E-state index >= 15 is 0 Å². The molecule has 0 aliphatic carbocycles. The molecule has 1 aromatic heterocycles. The number of likely N-dealkylation sites (tertiary alicyclic amines) is 1. The first kappa shape index (κ1) is 12.6. The van der Waals surface area contributed by atoms with E-state index in [4.69, 9.17) is 9.26 Å². The summed E-state index contributed by atoms with van der Waals surface area (Å²) in [6, 6.07) is 1.65. The van der Waals surface area contributed by atoms with Crippen molar-refractivity contribution in [2.24, 2.45) is 5.92 Å². The first-order valence-electron chi connectivity index (χ1n) is 5.54. The van der Waals surface area contributed by atoms with Gasteiger partial charge in [0.15, 0.2) is 11.5 Å². The van der Waals surface area contributed by atoms with Gasteiger partial charge in [0.1, 0.15) is 6.61 Å². The second-order valence-electron chi connectivity index (χ2n) is 4.17. The van der Waals surface area contributed by atoms with E-state index in [0.29, 0.717) is 24.0 Å². The smallest absolute Gasteiger partial charge is 0.276 e. The molecule has 1 amide bonds. The number of ether oxygens (including phenoxy) is 1. The Bertz CT molecular complexity index is 394. The Morgan fingerprint density at radius 3 is 3.24 bits per heavy atom. The van der Waals surface area contributed by atoms with Gasteiger partial charge in [0.2, 0.25) is 0 Å². The van der Waals surface area contributed by atoms with Crippen LogP contribution in [-0.2, 0) is 11.3 Å². The second kappa shape index (κ2) is 5.64. The Kier molecular flexibility index (Phi) is 4.17. The van der Waals surface area contributed by atoms with Crippen LogP contribution in [0.5, 0.6) is 0 Å². The van der Waals surface area contributed by atoms with Crippen LogP contribution in [0.1, 0.15) is 22.7 Å². The fraction of sp³-hybridized carbons (Fsp3) is 0.636. The number of carbonyl (C=O) groups excluding carboxylic acids is 1. The van der Waals surface area contributed by atoms with E-state index in [-0.39, 0.29) is 5.91 Å². The zero-order chi connectivity index (χ0) is 12.3. The van der Waals surface area contributed by atoms with E-state index in [2.05, 4.69) is 21.1 Å². The number of carbonyl (C=O) groups is 1. The maximum absolute atomic E-state index is 12.1. The number of rotatable bonds is 4. The fourth-order valence-corrected chi connectivity index (χ4v) is 2.46. The van der Waals surface area contributed by atoms with Crippen molar-refractivity contribution in [1.82, 2.24) is 10.1 Å². The fourth-order valence-electron chi connectivity index (χ4n) is 1.93. The molecule has 0 aromatic carbocycles. The van der Waals surface area contributed by atoms with Crippen molar-refractivity contribution in [2.45, 2.75) is 13.0 Å². The van der Waals surface area contributed by atoms with Gasteiger partial charge in [-0.05, 0) is 12.3 Å². The minimum absolute atomic E-state index is 0.0560. The molecular formula is C11H15BrN2O3. The summed E-state index contributed by atoms with van der Waals surface area (Å²) < 4.78 is 9.92. The van der Waals surface area contributed by atoms with Crippen molar-refractivity contribution in [3.05, 3.63) is 17.5 Å². The molecule has 1 unspecified atom stereocenters. The van der Waals surface area contributed by atoms with Gasteiger partial charge in [-0.1, -0.05) is 21.1 Å². The molecular weight excluding hydrogens is 288 g/mol. The Hall–Kier alpha value is -0.880. The van der Waals surface area contributed by atoms with Crippen LogP contribution in [-0.4, -0.2) is 41.5 Å². The molecule has 5 nitrogen and oxygen atoms in total. The number of nitrogens with zero attached hydrogens (tertiary/aromatic N) is 2. The predicted octanol–water partition coefficient (Wildman–Crippen LogP) is 1.68. The van der Waals surface area contributed by atoms with Crippen LogP contribution in [0.15, 0.2) is 10.6 Å². The Balaban J connectivity index is 1.99. The average Bonchev–Trinajstić information content (AvgIpc) is 2.97. The Morgan fingerprint density at radius 1 is 1.76 bits per heavy atom. The van der Waals surface area contributed by atoms with Crippen LogP contribution in [0.3, 0.4) is 0 Å². The molecule has 17 heavy (non-hydrogen) atoms. The topological polar surface area (TPSA) is 55.6 Å².